The van der Waals surface area contributed by atoms with Crippen molar-refractivity contribution in [3.8, 4) is 23.0 Å². The van der Waals surface area contributed by atoms with E-state index in [1.165, 1.54) is 32.6 Å². The number of hydrogen-bond acceptors (Lipinski definition) is 8. The van der Waals surface area contributed by atoms with Crippen molar-refractivity contribution < 1.29 is 33.0 Å². The first-order valence-corrected chi connectivity index (χ1v) is 11.5. The van der Waals surface area contributed by atoms with Gasteiger partial charge in [0.1, 0.15) is 11.9 Å². The van der Waals surface area contributed by atoms with Gasteiger partial charge in [0.15, 0.2) is 11.5 Å². The highest BCUT2D eigenvalue weighted by molar-refractivity contribution is 6.01. The molecule has 9 nitrogen and oxygen atoms in total. The van der Waals surface area contributed by atoms with E-state index in [0.717, 1.165) is 5.56 Å². The maximum atomic E-state index is 13.3. The number of hydrazone groups is 1. The van der Waals surface area contributed by atoms with Crippen LogP contribution in [0.2, 0.25) is 0 Å². The molecule has 10 heteroatoms. The van der Waals surface area contributed by atoms with Gasteiger partial charge in [-0.1, -0.05) is 35.5 Å². The lowest BCUT2D eigenvalue weighted by Crippen LogP contribution is -2.18. The molecule has 0 unspecified atom stereocenters. The van der Waals surface area contributed by atoms with Crippen molar-refractivity contribution >= 4 is 17.8 Å². The van der Waals surface area contributed by atoms with Crippen LogP contribution in [0.3, 0.4) is 0 Å². The molecule has 2 heterocycles. The van der Waals surface area contributed by atoms with E-state index in [0.29, 0.717) is 58.2 Å². The molecular weight excluding hydrogens is 481 g/mol. The van der Waals surface area contributed by atoms with Crippen molar-refractivity contribution in [2.75, 3.05) is 21.0 Å². The number of fused-ring (bicyclic) bond motifs is 1. The van der Waals surface area contributed by atoms with Crippen LogP contribution in [-0.2, 0) is 11.3 Å². The fourth-order valence-corrected chi connectivity index (χ4v) is 4.28. The van der Waals surface area contributed by atoms with E-state index >= 15 is 0 Å². The highest BCUT2D eigenvalue weighted by atomic mass is 19.1. The van der Waals surface area contributed by atoms with Gasteiger partial charge in [-0.05, 0) is 29.8 Å². The number of halogens is 1. The molecule has 5 rings (SSSR count). The summed E-state index contributed by atoms with van der Waals surface area (Å²) in [7, 11) is 3.04. The number of rotatable bonds is 8. The first-order chi connectivity index (χ1) is 18.1. The minimum Gasteiger partial charge on any atom is -0.492 e. The minimum absolute atomic E-state index is 0.00455. The Hall–Kier alpha value is -4.60. The van der Waals surface area contributed by atoms with Gasteiger partial charge < -0.3 is 23.8 Å². The fourth-order valence-electron chi connectivity index (χ4n) is 4.28. The van der Waals surface area contributed by atoms with Gasteiger partial charge in [-0.2, -0.15) is 5.10 Å². The van der Waals surface area contributed by atoms with E-state index in [9.17, 15) is 9.18 Å². The fraction of sp³-hybridized carbons (Fsp3) is 0.222. The summed E-state index contributed by atoms with van der Waals surface area (Å²) in [5.41, 5.74) is 5.72. The Morgan fingerprint density at radius 1 is 1.08 bits per heavy atom. The highest BCUT2D eigenvalue weighted by Crippen LogP contribution is 2.52. The molecule has 190 valence electrons. The number of ether oxygens (including phenoxy) is 4. The smallest absolute Gasteiger partial charge is 0.271 e. The maximum Gasteiger partial charge on any atom is 0.271 e. The number of carbonyl (C=O) groups excluding carboxylic acids is 1. The largest absolute Gasteiger partial charge is 0.492 e. The molecule has 0 bridgehead atoms. The first-order valence-electron chi connectivity index (χ1n) is 11.5. The minimum atomic E-state index is -0.360. The average Bonchev–Trinajstić information content (AvgIpc) is 3.60. The van der Waals surface area contributed by atoms with E-state index in [1.807, 2.05) is 6.07 Å². The van der Waals surface area contributed by atoms with Crippen molar-refractivity contribution in [1.82, 2.24) is 5.43 Å². The van der Waals surface area contributed by atoms with Crippen LogP contribution in [0.1, 0.15) is 33.5 Å². The molecular formula is C27H24FN3O6. The van der Waals surface area contributed by atoms with Gasteiger partial charge in [0, 0.05) is 29.5 Å². The Bertz CT molecular complexity index is 1360. The second-order valence-electron chi connectivity index (χ2n) is 8.27. The summed E-state index contributed by atoms with van der Waals surface area (Å²) < 4.78 is 36.0. The normalized spacial score (nSPS) is 15.9. The molecule has 0 aliphatic carbocycles. The highest BCUT2D eigenvalue weighted by Gasteiger charge is 2.33. The SMILES string of the molecule is COc1c(/C=N\NC(=O)c2ccccc2)c(C[C@@H]2CC(c3ccc(F)cc3)=NO2)c(OC)c2c1OCO2. The van der Waals surface area contributed by atoms with Crippen molar-refractivity contribution in [2.45, 2.75) is 18.9 Å². The van der Waals surface area contributed by atoms with Crippen molar-refractivity contribution in [3.05, 3.63) is 82.7 Å². The lowest BCUT2D eigenvalue weighted by atomic mass is 9.95. The summed E-state index contributed by atoms with van der Waals surface area (Å²) in [5.74, 6) is 0.954. The summed E-state index contributed by atoms with van der Waals surface area (Å²) in [6.07, 6.45) is 1.99. The molecule has 37 heavy (non-hydrogen) atoms. The van der Waals surface area contributed by atoms with Crippen LogP contribution in [-0.4, -0.2) is 44.9 Å². The second kappa shape index (κ2) is 10.6. The van der Waals surface area contributed by atoms with Gasteiger partial charge >= 0.3 is 0 Å². The molecule has 0 saturated heterocycles. The molecule has 3 aromatic carbocycles. The van der Waals surface area contributed by atoms with Crippen LogP contribution in [0.5, 0.6) is 23.0 Å². The zero-order valence-electron chi connectivity index (χ0n) is 20.2. The van der Waals surface area contributed by atoms with Crippen LogP contribution in [0.15, 0.2) is 64.9 Å². The molecule has 0 saturated carbocycles. The number of methoxy groups -OCH3 is 2. The van der Waals surface area contributed by atoms with Crippen molar-refractivity contribution in [3.63, 3.8) is 0 Å². The quantitative estimate of drug-likeness (QED) is 0.366. The van der Waals surface area contributed by atoms with Crippen LogP contribution in [0.25, 0.3) is 0 Å². The number of benzene rings is 3. The average molecular weight is 506 g/mol. The van der Waals surface area contributed by atoms with Gasteiger partial charge in [0.2, 0.25) is 18.3 Å². The van der Waals surface area contributed by atoms with E-state index < -0.39 is 0 Å². The van der Waals surface area contributed by atoms with E-state index in [2.05, 4.69) is 15.7 Å². The second-order valence-corrected chi connectivity index (χ2v) is 8.27. The molecule has 1 amide bonds. The number of hydrogen-bond donors (Lipinski definition) is 1. The molecule has 3 aromatic rings. The number of nitrogens with one attached hydrogen (secondary N) is 1. The molecule has 0 aromatic heterocycles. The molecule has 0 spiro atoms. The monoisotopic (exact) mass is 505 g/mol. The van der Waals surface area contributed by atoms with Crippen LogP contribution in [0, 0.1) is 5.82 Å². The van der Waals surface area contributed by atoms with Gasteiger partial charge in [-0.3, -0.25) is 4.79 Å². The Balaban J connectivity index is 1.44. The summed E-state index contributed by atoms with van der Waals surface area (Å²) in [6.45, 7) is 0.00455. The Kier molecular flexibility index (Phi) is 6.89. The number of amides is 1. The molecule has 0 fully saturated rings. The van der Waals surface area contributed by atoms with Gasteiger partial charge in [-0.25, -0.2) is 9.82 Å². The molecule has 1 N–H and O–H groups in total. The Morgan fingerprint density at radius 2 is 1.78 bits per heavy atom. The topological polar surface area (TPSA) is 100.0 Å². The lowest BCUT2D eigenvalue weighted by molar-refractivity contribution is 0.0853. The molecule has 1 atom stereocenters. The summed E-state index contributed by atoms with van der Waals surface area (Å²) in [4.78, 5) is 18.2. The third-order valence-corrected chi connectivity index (χ3v) is 6.02. The van der Waals surface area contributed by atoms with Crippen molar-refractivity contribution in [1.29, 1.82) is 0 Å². The van der Waals surface area contributed by atoms with Crippen LogP contribution in [0.4, 0.5) is 4.39 Å². The number of nitrogens with zero attached hydrogens (tertiary/aromatic N) is 2. The summed E-state index contributed by atoms with van der Waals surface area (Å²) in [5, 5.41) is 8.38. The van der Waals surface area contributed by atoms with Gasteiger partial charge in [-0.15, -0.1) is 0 Å². The predicted octanol–water partition coefficient (Wildman–Crippen LogP) is 4.07. The van der Waals surface area contributed by atoms with Crippen LogP contribution >= 0.6 is 0 Å². The molecule has 2 aliphatic heterocycles. The van der Waals surface area contributed by atoms with Crippen LogP contribution < -0.4 is 24.4 Å². The third-order valence-electron chi connectivity index (χ3n) is 6.02. The number of oxime groups is 1. The zero-order valence-corrected chi connectivity index (χ0v) is 20.2. The van der Waals surface area contributed by atoms with E-state index in [1.54, 1.807) is 36.4 Å². The predicted molar refractivity (Wildman–Crippen MR) is 133 cm³/mol. The third kappa shape index (κ3) is 4.90. The molecule has 2 aliphatic rings. The summed E-state index contributed by atoms with van der Waals surface area (Å²) >= 11 is 0. The standard InChI is InChI=1S/C27H24FN3O6/c1-33-23-20(12-19-13-22(31-37-19)16-8-10-18(28)11-9-16)21(24(34-2)26-25(23)35-15-36-26)14-29-30-27(32)17-6-4-3-5-7-17/h3-11,14,19H,12-13,15H2,1-2H3,(H,30,32)/b29-14-/t19-/m1/s1. The zero-order chi connectivity index (χ0) is 25.8. The Morgan fingerprint density at radius 3 is 2.49 bits per heavy atom. The molecule has 0 radical (unpaired) electrons. The maximum absolute atomic E-state index is 13.3. The first kappa shape index (κ1) is 24.1. The van der Waals surface area contributed by atoms with Gasteiger partial charge in [0.05, 0.1) is 26.1 Å². The van der Waals surface area contributed by atoms with E-state index in [4.69, 9.17) is 23.8 Å². The lowest BCUT2D eigenvalue weighted by Gasteiger charge is -2.19. The number of carbonyl (C=O) groups is 1. The summed E-state index contributed by atoms with van der Waals surface area (Å²) in [6, 6.07) is 14.8. The van der Waals surface area contributed by atoms with E-state index in [-0.39, 0.29) is 24.6 Å². The van der Waals surface area contributed by atoms with Crippen molar-refractivity contribution in [2.24, 2.45) is 10.3 Å². The van der Waals surface area contributed by atoms with Gasteiger partial charge in [0.25, 0.3) is 5.91 Å². The Labute approximate surface area is 212 Å².